The van der Waals surface area contributed by atoms with E-state index in [1.165, 1.54) is 37.4 Å². The van der Waals surface area contributed by atoms with Crippen molar-refractivity contribution < 1.29 is 38.2 Å². The standard InChI is InChI=1S/C28H22Cl2FN3O7/c1-41-18-4-2-3-17(35)20(18)21-14-9-10-15-19(23(37)34(22(15)36)26(32)40)16(14)11-27(29)24(38)33(25(39)28(21,27)30)13-7-5-12(31)6-8-13/h2-9,15-16,19,21,35H,10-11H2,1H3,(H2,32,40). The highest BCUT2D eigenvalue weighted by Crippen LogP contribution is 2.67. The summed E-state index contributed by atoms with van der Waals surface area (Å²) in [6, 6.07) is 7.74. The van der Waals surface area contributed by atoms with Gasteiger partial charge in [0, 0.05) is 11.5 Å². The maximum Gasteiger partial charge on any atom is 0.328 e. The van der Waals surface area contributed by atoms with Crippen LogP contribution in [-0.2, 0) is 19.2 Å². The Balaban J connectivity index is 1.60. The molecule has 2 heterocycles. The molecule has 1 saturated carbocycles. The van der Waals surface area contributed by atoms with E-state index < -0.39 is 68.9 Å². The molecule has 6 atom stereocenters. The maximum absolute atomic E-state index is 14.3. The van der Waals surface area contributed by atoms with Gasteiger partial charge >= 0.3 is 6.03 Å². The molecule has 2 aliphatic carbocycles. The quantitative estimate of drug-likeness (QED) is 0.312. The summed E-state index contributed by atoms with van der Waals surface area (Å²) in [6.45, 7) is 0. The molecule has 212 valence electrons. The Morgan fingerprint density at radius 3 is 2.37 bits per heavy atom. The fourth-order valence-corrected chi connectivity index (χ4v) is 7.85. The summed E-state index contributed by atoms with van der Waals surface area (Å²) in [5.41, 5.74) is 5.79. The predicted molar refractivity (Wildman–Crippen MR) is 143 cm³/mol. The molecule has 3 N–H and O–H groups in total. The molecule has 2 aromatic rings. The third-order valence-electron chi connectivity index (χ3n) is 8.67. The molecule has 0 radical (unpaired) electrons. The van der Waals surface area contributed by atoms with Gasteiger partial charge in [-0.15, -0.1) is 23.2 Å². The fourth-order valence-electron chi connectivity index (χ4n) is 6.93. The van der Waals surface area contributed by atoms with Crippen LogP contribution in [0.15, 0.2) is 54.1 Å². The number of hydrogen-bond acceptors (Lipinski definition) is 7. The normalized spacial score (nSPS) is 32.4. The van der Waals surface area contributed by atoms with E-state index in [0.29, 0.717) is 10.5 Å². The first-order valence-corrected chi connectivity index (χ1v) is 13.4. The number of ether oxygens (including phenoxy) is 1. The number of primary amides is 1. The molecule has 2 aromatic carbocycles. The smallest absolute Gasteiger partial charge is 0.328 e. The van der Waals surface area contributed by atoms with Crippen molar-refractivity contribution in [3.8, 4) is 11.5 Å². The number of halogens is 3. The lowest BCUT2D eigenvalue weighted by atomic mass is 9.56. The fraction of sp³-hybridized carbons (Fsp3) is 0.321. The Bertz CT molecular complexity index is 1600. The molecule has 0 spiro atoms. The molecule has 2 aliphatic heterocycles. The second-order valence-corrected chi connectivity index (χ2v) is 11.7. The summed E-state index contributed by atoms with van der Waals surface area (Å²) in [5, 5.41) is 11.1. The van der Waals surface area contributed by atoms with E-state index in [4.69, 9.17) is 33.7 Å². The van der Waals surface area contributed by atoms with Gasteiger partial charge in [0.05, 0.1) is 24.6 Å². The minimum atomic E-state index is -2.25. The van der Waals surface area contributed by atoms with Gasteiger partial charge in [0.15, 0.2) is 9.75 Å². The number of urea groups is 1. The first kappa shape index (κ1) is 27.2. The van der Waals surface area contributed by atoms with Crippen LogP contribution >= 0.6 is 23.2 Å². The van der Waals surface area contributed by atoms with Gasteiger partial charge in [-0.05, 0) is 55.2 Å². The van der Waals surface area contributed by atoms with Crippen molar-refractivity contribution in [1.29, 1.82) is 0 Å². The molecule has 41 heavy (non-hydrogen) atoms. The van der Waals surface area contributed by atoms with Gasteiger partial charge in [-0.1, -0.05) is 17.7 Å². The lowest BCUT2D eigenvalue weighted by molar-refractivity contribution is -0.136. The predicted octanol–water partition coefficient (Wildman–Crippen LogP) is 3.18. The average molecular weight is 602 g/mol. The summed E-state index contributed by atoms with van der Waals surface area (Å²) >= 11 is 14.4. The third kappa shape index (κ3) is 3.39. The number of hydrogen-bond donors (Lipinski definition) is 2. The minimum Gasteiger partial charge on any atom is -0.508 e. The number of amides is 6. The molecular weight excluding hydrogens is 580 g/mol. The molecule has 2 saturated heterocycles. The second kappa shape index (κ2) is 9.02. The maximum atomic E-state index is 14.3. The summed E-state index contributed by atoms with van der Waals surface area (Å²) in [6.07, 6.45) is 1.28. The van der Waals surface area contributed by atoms with Crippen LogP contribution in [-0.4, -0.2) is 56.5 Å². The number of fused-ring (bicyclic) bond motifs is 4. The van der Waals surface area contributed by atoms with Crippen molar-refractivity contribution in [3.05, 3.63) is 65.5 Å². The van der Waals surface area contributed by atoms with Gasteiger partial charge in [-0.3, -0.25) is 19.2 Å². The number of nitrogens with zero attached hydrogens (tertiary/aromatic N) is 2. The van der Waals surface area contributed by atoms with Crippen LogP contribution in [0.1, 0.15) is 24.3 Å². The molecule has 6 rings (SSSR count). The van der Waals surface area contributed by atoms with E-state index >= 15 is 0 Å². The number of rotatable bonds is 3. The van der Waals surface area contributed by atoms with E-state index in [9.17, 15) is 33.5 Å². The first-order chi connectivity index (χ1) is 19.4. The number of anilines is 1. The van der Waals surface area contributed by atoms with Crippen LogP contribution in [0.2, 0.25) is 0 Å². The zero-order valence-electron chi connectivity index (χ0n) is 21.3. The van der Waals surface area contributed by atoms with E-state index in [1.807, 2.05) is 0 Å². The molecule has 10 nitrogen and oxygen atoms in total. The number of benzene rings is 2. The molecule has 0 aromatic heterocycles. The number of carbonyl (C=O) groups is 5. The lowest BCUT2D eigenvalue weighted by Crippen LogP contribution is -2.60. The average Bonchev–Trinajstić information content (AvgIpc) is 3.28. The number of likely N-dealkylation sites (tertiary alicyclic amines) is 1. The van der Waals surface area contributed by atoms with Crippen molar-refractivity contribution in [2.24, 2.45) is 23.5 Å². The Labute approximate surface area is 242 Å². The highest BCUT2D eigenvalue weighted by molar-refractivity contribution is 6.58. The molecule has 3 fully saturated rings. The topological polar surface area (TPSA) is 147 Å². The Hall–Kier alpha value is -3.96. The number of aromatic hydroxyl groups is 1. The molecular formula is C28H22Cl2FN3O7. The Morgan fingerprint density at radius 2 is 1.73 bits per heavy atom. The molecule has 0 bridgehead atoms. The van der Waals surface area contributed by atoms with E-state index in [1.54, 1.807) is 6.08 Å². The summed E-state index contributed by atoms with van der Waals surface area (Å²) in [5.74, 6) is -8.60. The largest absolute Gasteiger partial charge is 0.508 e. The molecule has 4 aliphatic rings. The second-order valence-electron chi connectivity index (χ2n) is 10.5. The van der Waals surface area contributed by atoms with Crippen molar-refractivity contribution in [2.75, 3.05) is 12.0 Å². The van der Waals surface area contributed by atoms with Crippen LogP contribution in [0.4, 0.5) is 14.9 Å². The van der Waals surface area contributed by atoms with Gasteiger partial charge in [-0.25, -0.2) is 14.1 Å². The van der Waals surface area contributed by atoms with Crippen LogP contribution in [0.5, 0.6) is 11.5 Å². The summed E-state index contributed by atoms with van der Waals surface area (Å²) in [4.78, 5) is 63.6. The highest BCUT2D eigenvalue weighted by atomic mass is 35.5. The monoisotopic (exact) mass is 601 g/mol. The number of phenolic OH excluding ortho intramolecular Hbond substituents is 1. The number of phenols is 1. The van der Waals surface area contributed by atoms with Crippen molar-refractivity contribution in [3.63, 3.8) is 0 Å². The number of nitrogens with two attached hydrogens (primary N) is 1. The van der Waals surface area contributed by atoms with Gasteiger partial charge in [0.2, 0.25) is 11.8 Å². The molecule has 6 amide bonds. The number of methoxy groups -OCH3 is 1. The molecule has 13 heteroatoms. The van der Waals surface area contributed by atoms with Gasteiger partial charge in [0.1, 0.15) is 17.3 Å². The van der Waals surface area contributed by atoms with Gasteiger partial charge < -0.3 is 15.6 Å². The first-order valence-electron chi connectivity index (χ1n) is 12.6. The summed E-state index contributed by atoms with van der Waals surface area (Å²) < 4.78 is 19.2. The number of allylic oxidation sites excluding steroid dienone is 2. The van der Waals surface area contributed by atoms with Crippen LogP contribution in [0.3, 0.4) is 0 Å². The number of imide groups is 4. The minimum absolute atomic E-state index is 0.00331. The van der Waals surface area contributed by atoms with Gasteiger partial charge in [0.25, 0.3) is 11.8 Å². The third-order valence-corrected chi connectivity index (χ3v) is 10.1. The highest BCUT2D eigenvalue weighted by Gasteiger charge is 2.77. The Morgan fingerprint density at radius 1 is 1.05 bits per heavy atom. The van der Waals surface area contributed by atoms with Crippen LogP contribution < -0.4 is 15.4 Å². The van der Waals surface area contributed by atoms with Crippen molar-refractivity contribution in [1.82, 2.24) is 4.90 Å². The summed E-state index contributed by atoms with van der Waals surface area (Å²) in [7, 11) is 1.34. The lowest BCUT2D eigenvalue weighted by Gasteiger charge is -2.50. The zero-order chi connectivity index (χ0) is 29.6. The van der Waals surface area contributed by atoms with Crippen molar-refractivity contribution in [2.45, 2.75) is 28.5 Å². The van der Waals surface area contributed by atoms with Crippen LogP contribution in [0, 0.1) is 23.6 Å². The van der Waals surface area contributed by atoms with E-state index in [-0.39, 0.29) is 35.6 Å². The van der Waals surface area contributed by atoms with Crippen molar-refractivity contribution >= 4 is 58.5 Å². The zero-order valence-corrected chi connectivity index (χ0v) is 22.9. The van der Waals surface area contributed by atoms with E-state index in [2.05, 4.69) is 0 Å². The number of alkyl halides is 2. The molecule has 6 unspecified atom stereocenters. The Kier molecular flexibility index (Phi) is 5.99. The van der Waals surface area contributed by atoms with Crippen LogP contribution in [0.25, 0.3) is 0 Å². The number of carbonyl (C=O) groups excluding carboxylic acids is 5. The van der Waals surface area contributed by atoms with Gasteiger partial charge in [-0.2, -0.15) is 4.90 Å². The SMILES string of the molecule is COc1cccc(O)c1C1C2=CCC3C(=O)N(C(N)=O)C(=O)C3C2CC2(Cl)C(=O)N(c3ccc(F)cc3)C(=O)C12Cl. The van der Waals surface area contributed by atoms with E-state index in [0.717, 1.165) is 17.0 Å².